The molecule has 3 rings (SSSR count). The zero-order valence-corrected chi connectivity index (χ0v) is 14.6. The van der Waals surface area contributed by atoms with Gasteiger partial charge in [0.2, 0.25) is 0 Å². The first-order valence-corrected chi connectivity index (χ1v) is 8.35. The monoisotopic (exact) mass is 331 g/mol. The molecule has 0 saturated carbocycles. The Hall–Kier alpha value is -2.05. The molecule has 2 aromatic heterocycles. The summed E-state index contributed by atoms with van der Waals surface area (Å²) in [6, 6.07) is 5.27. The van der Waals surface area contributed by atoms with Gasteiger partial charge in [-0.25, -0.2) is 4.98 Å². The van der Waals surface area contributed by atoms with E-state index in [0.717, 1.165) is 27.7 Å². The minimum absolute atomic E-state index is 0.00483. The predicted octanol–water partition coefficient (Wildman–Crippen LogP) is 3.58. The summed E-state index contributed by atoms with van der Waals surface area (Å²) in [4.78, 5) is 6.87. The van der Waals surface area contributed by atoms with Gasteiger partial charge in [0.05, 0.1) is 18.5 Å². The van der Waals surface area contributed by atoms with E-state index in [0.29, 0.717) is 6.54 Å². The first-order chi connectivity index (χ1) is 11.0. The second-order valence-corrected chi connectivity index (χ2v) is 6.88. The highest BCUT2D eigenvalue weighted by molar-refractivity contribution is 7.17. The number of imidazole rings is 1. The Morgan fingerprint density at radius 2 is 2.17 bits per heavy atom. The highest BCUT2D eigenvalue weighted by Crippen LogP contribution is 2.29. The number of nitrogens with zero attached hydrogens (tertiary/aromatic N) is 2. The van der Waals surface area contributed by atoms with Crippen LogP contribution in [0.3, 0.4) is 0 Å². The maximum absolute atomic E-state index is 10.1. The quantitative estimate of drug-likeness (QED) is 0.750. The third-order valence-corrected chi connectivity index (χ3v) is 4.92. The molecule has 0 aliphatic heterocycles. The van der Waals surface area contributed by atoms with Gasteiger partial charge >= 0.3 is 0 Å². The van der Waals surface area contributed by atoms with E-state index in [2.05, 4.69) is 27.8 Å². The number of phenols is 1. The molecule has 0 aliphatic carbocycles. The molecule has 23 heavy (non-hydrogen) atoms. The van der Waals surface area contributed by atoms with E-state index in [1.54, 1.807) is 30.6 Å². The van der Waals surface area contributed by atoms with Crippen LogP contribution in [0.15, 0.2) is 24.4 Å². The van der Waals surface area contributed by atoms with Crippen molar-refractivity contribution in [3.8, 4) is 11.5 Å². The number of hydrogen-bond acceptors (Lipinski definition) is 5. The molecule has 1 atom stereocenters. The summed E-state index contributed by atoms with van der Waals surface area (Å²) < 4.78 is 7.38. The van der Waals surface area contributed by atoms with E-state index in [9.17, 15) is 5.11 Å². The number of nitrogens with one attached hydrogen (secondary N) is 1. The molecule has 2 N–H and O–H groups in total. The molecule has 0 bridgehead atoms. The number of thiazole rings is 1. The summed E-state index contributed by atoms with van der Waals surface area (Å²) in [5.41, 5.74) is 3.01. The third-order valence-electron chi connectivity index (χ3n) is 4.02. The summed E-state index contributed by atoms with van der Waals surface area (Å²) in [6.45, 7) is 6.82. The number of hydrogen-bond donors (Lipinski definition) is 2. The van der Waals surface area contributed by atoms with Crippen LogP contribution in [0, 0.1) is 13.8 Å². The van der Waals surface area contributed by atoms with E-state index in [-0.39, 0.29) is 11.8 Å². The van der Waals surface area contributed by atoms with Gasteiger partial charge in [-0.05, 0) is 39.0 Å². The van der Waals surface area contributed by atoms with Crippen LogP contribution in [0.25, 0.3) is 4.96 Å². The number of aryl methyl sites for hydroxylation is 2. The molecule has 6 heteroatoms. The van der Waals surface area contributed by atoms with Crippen molar-refractivity contribution in [2.45, 2.75) is 33.4 Å². The highest BCUT2D eigenvalue weighted by atomic mass is 32.1. The van der Waals surface area contributed by atoms with Gasteiger partial charge in [0.1, 0.15) is 11.5 Å². The molecular weight excluding hydrogens is 310 g/mol. The summed E-state index contributed by atoms with van der Waals surface area (Å²) in [5.74, 6) is 1.01. The summed E-state index contributed by atoms with van der Waals surface area (Å²) >= 11 is 1.69. The molecule has 0 aliphatic rings. The number of ether oxygens (including phenoxy) is 1. The van der Waals surface area contributed by atoms with E-state index in [1.807, 2.05) is 19.9 Å². The first-order valence-electron chi connectivity index (χ1n) is 7.54. The second-order valence-electron chi connectivity index (χ2n) is 5.67. The van der Waals surface area contributed by atoms with Crippen LogP contribution in [0.2, 0.25) is 0 Å². The van der Waals surface area contributed by atoms with Crippen molar-refractivity contribution >= 4 is 16.3 Å². The minimum Gasteiger partial charge on any atom is -0.508 e. The lowest BCUT2D eigenvalue weighted by atomic mass is 10.1. The molecule has 122 valence electrons. The van der Waals surface area contributed by atoms with Crippen molar-refractivity contribution < 1.29 is 9.84 Å². The van der Waals surface area contributed by atoms with Crippen molar-refractivity contribution in [2.75, 3.05) is 7.11 Å². The Labute approximate surface area is 139 Å². The summed E-state index contributed by atoms with van der Waals surface area (Å²) in [5, 5.41) is 13.5. The lowest BCUT2D eigenvalue weighted by Gasteiger charge is -2.16. The van der Waals surface area contributed by atoms with Gasteiger partial charge in [0.15, 0.2) is 4.96 Å². The van der Waals surface area contributed by atoms with Crippen molar-refractivity contribution in [1.29, 1.82) is 0 Å². The van der Waals surface area contributed by atoms with Crippen LogP contribution in [-0.4, -0.2) is 21.6 Å². The smallest absolute Gasteiger partial charge is 0.194 e. The highest BCUT2D eigenvalue weighted by Gasteiger charge is 2.15. The number of aromatic hydroxyl groups is 1. The van der Waals surface area contributed by atoms with Crippen LogP contribution in [0.4, 0.5) is 0 Å². The Balaban J connectivity index is 1.80. The molecule has 0 unspecified atom stereocenters. The fraction of sp³-hybridized carbons (Fsp3) is 0.353. The van der Waals surface area contributed by atoms with Crippen LogP contribution in [-0.2, 0) is 6.54 Å². The van der Waals surface area contributed by atoms with E-state index < -0.39 is 0 Å². The largest absolute Gasteiger partial charge is 0.508 e. The molecule has 1 aromatic carbocycles. The topological polar surface area (TPSA) is 58.8 Å². The molecular formula is C17H21N3O2S. The normalized spacial score (nSPS) is 12.7. The van der Waals surface area contributed by atoms with Crippen molar-refractivity contribution in [3.05, 3.63) is 46.2 Å². The maximum atomic E-state index is 10.1. The summed E-state index contributed by atoms with van der Waals surface area (Å²) in [6.07, 6.45) is 2.12. The van der Waals surface area contributed by atoms with Crippen molar-refractivity contribution in [1.82, 2.24) is 14.7 Å². The van der Waals surface area contributed by atoms with Gasteiger partial charge in [-0.2, -0.15) is 0 Å². The predicted molar refractivity (Wildman–Crippen MR) is 92.5 cm³/mol. The number of methoxy groups -OCH3 is 1. The molecule has 0 saturated heterocycles. The number of fused-ring (bicyclic) bond motifs is 1. The first kappa shape index (κ1) is 15.8. The fourth-order valence-corrected chi connectivity index (χ4v) is 3.58. The minimum atomic E-state index is -0.00483. The molecule has 2 heterocycles. The van der Waals surface area contributed by atoms with E-state index in [1.165, 1.54) is 4.88 Å². The molecule has 0 spiro atoms. The zero-order valence-electron chi connectivity index (χ0n) is 13.8. The Kier molecular flexibility index (Phi) is 4.28. The Bertz CT molecular complexity index is 838. The van der Waals surface area contributed by atoms with Gasteiger partial charge < -0.3 is 15.2 Å². The Morgan fingerprint density at radius 1 is 1.39 bits per heavy atom. The number of benzene rings is 1. The van der Waals surface area contributed by atoms with Crippen molar-refractivity contribution in [3.63, 3.8) is 0 Å². The lowest BCUT2D eigenvalue weighted by molar-refractivity contribution is 0.407. The standard InChI is InChI=1S/C17H21N3O2S/c1-10-9-20-15(12(3)19-17(20)23-10)8-18-11(2)14-7-13(22-4)5-6-16(14)21/h5-7,9,11,18,21H,8H2,1-4H3/t11-/m1/s1. The maximum Gasteiger partial charge on any atom is 0.194 e. The molecule has 5 nitrogen and oxygen atoms in total. The van der Waals surface area contributed by atoms with Crippen molar-refractivity contribution in [2.24, 2.45) is 0 Å². The molecule has 0 amide bonds. The molecule has 0 fully saturated rings. The number of phenolic OH excluding ortho intramolecular Hbond substituents is 1. The number of rotatable bonds is 5. The second kappa shape index (κ2) is 6.22. The van der Waals surface area contributed by atoms with Gasteiger partial charge in [-0.1, -0.05) is 0 Å². The van der Waals surface area contributed by atoms with Crippen LogP contribution in [0.1, 0.15) is 34.8 Å². The van der Waals surface area contributed by atoms with Crippen LogP contribution < -0.4 is 10.1 Å². The zero-order chi connectivity index (χ0) is 16.6. The third kappa shape index (κ3) is 3.04. The van der Waals surface area contributed by atoms with E-state index in [4.69, 9.17) is 4.74 Å². The average Bonchev–Trinajstić information content (AvgIpc) is 3.00. The van der Waals surface area contributed by atoms with E-state index >= 15 is 0 Å². The van der Waals surface area contributed by atoms with Gasteiger partial charge in [-0.3, -0.25) is 4.40 Å². The summed E-state index contributed by atoms with van der Waals surface area (Å²) in [7, 11) is 1.62. The van der Waals surface area contributed by atoms with Crippen LogP contribution in [0.5, 0.6) is 11.5 Å². The SMILES string of the molecule is COc1ccc(O)c([C@@H](C)NCc2c(C)nc3sc(C)cn23)c1. The van der Waals surface area contributed by atoms with Gasteiger partial charge in [0, 0.05) is 29.2 Å². The molecule has 0 radical (unpaired) electrons. The number of aromatic nitrogens is 2. The van der Waals surface area contributed by atoms with Crippen LogP contribution >= 0.6 is 11.3 Å². The lowest BCUT2D eigenvalue weighted by Crippen LogP contribution is -2.19. The average molecular weight is 331 g/mol. The van der Waals surface area contributed by atoms with Gasteiger partial charge in [0.25, 0.3) is 0 Å². The Morgan fingerprint density at radius 3 is 2.91 bits per heavy atom. The van der Waals surface area contributed by atoms with Gasteiger partial charge in [-0.15, -0.1) is 11.3 Å². The fourth-order valence-electron chi connectivity index (χ4n) is 2.69. The molecule has 3 aromatic rings.